The van der Waals surface area contributed by atoms with Gasteiger partial charge in [0.15, 0.2) is 0 Å². The van der Waals surface area contributed by atoms with E-state index < -0.39 is 0 Å². The van der Waals surface area contributed by atoms with Crippen LogP contribution in [0.2, 0.25) is 0 Å². The van der Waals surface area contributed by atoms with Gasteiger partial charge in [0, 0.05) is 0 Å². The molecule has 3 aromatic heterocycles. The van der Waals surface area contributed by atoms with Crippen molar-refractivity contribution in [1.82, 2.24) is 15.0 Å². The number of oxazole rings is 3. The summed E-state index contributed by atoms with van der Waals surface area (Å²) in [5.41, 5.74) is 8.92. The molecule has 0 radical (unpaired) electrons. The van der Waals surface area contributed by atoms with E-state index in [2.05, 4.69) is 33.2 Å². The molecular formula is C40H26IrN3O3. The molecule has 6 nitrogen and oxygen atoms in total. The Labute approximate surface area is 285 Å². The average Bonchev–Trinajstić information content (AvgIpc) is 3.86. The van der Waals surface area contributed by atoms with Crippen LogP contribution in [0.25, 0.3) is 67.7 Å². The van der Waals surface area contributed by atoms with Crippen molar-refractivity contribution < 1.29 is 33.4 Å². The van der Waals surface area contributed by atoms with Gasteiger partial charge in [0.1, 0.15) is 34.4 Å². The van der Waals surface area contributed by atoms with E-state index in [1.807, 2.05) is 146 Å². The zero-order chi connectivity index (χ0) is 31.1. The van der Waals surface area contributed by atoms with Gasteiger partial charge in [-0.2, -0.15) is 0 Å². The fourth-order valence-corrected chi connectivity index (χ4v) is 4.72. The zero-order valence-electron chi connectivity index (χ0n) is 25.2. The Morgan fingerprint density at radius 3 is 1.19 bits per heavy atom. The number of fused-ring (bicyclic) bond motifs is 3. The summed E-state index contributed by atoms with van der Waals surface area (Å²) in [6.45, 7) is 2.04. The standard InChI is InChI=1S/C14H10NO.2C13H8NO.Ir/c1-10-5-4-6-11(9-10)14-15-12-7-2-3-8-13(12)16-14;2*1-2-6-10(7-3-1)13-14-11-8-4-5-9-12(11)15-13;/h2-5,7-9H,1H3;2*1-6,8-9H;/q3*-1;+3. The van der Waals surface area contributed by atoms with E-state index >= 15 is 0 Å². The second-order valence-corrected chi connectivity index (χ2v) is 10.3. The third-order valence-corrected chi connectivity index (χ3v) is 6.95. The van der Waals surface area contributed by atoms with Crippen LogP contribution in [0, 0.1) is 25.1 Å². The second kappa shape index (κ2) is 14.6. The van der Waals surface area contributed by atoms with Gasteiger partial charge < -0.3 is 13.3 Å². The number of hydrogen-bond donors (Lipinski definition) is 0. The predicted octanol–water partition coefficient (Wildman–Crippen LogP) is 10.2. The molecule has 0 amide bonds. The number of aryl methyl sites for hydroxylation is 1. The molecule has 0 aliphatic carbocycles. The van der Waals surface area contributed by atoms with Crippen LogP contribution >= 0.6 is 0 Å². The molecule has 0 bridgehead atoms. The fraction of sp³-hybridized carbons (Fsp3) is 0.0250. The first-order valence-electron chi connectivity index (χ1n) is 14.7. The smallest absolute Gasteiger partial charge is 0.481 e. The fourth-order valence-electron chi connectivity index (χ4n) is 4.72. The van der Waals surface area contributed by atoms with Crippen LogP contribution in [-0.2, 0) is 20.1 Å². The molecule has 0 aliphatic rings. The molecule has 228 valence electrons. The van der Waals surface area contributed by atoms with E-state index in [1.54, 1.807) is 0 Å². The van der Waals surface area contributed by atoms with Crippen LogP contribution in [0.3, 0.4) is 0 Å². The molecule has 3 heterocycles. The van der Waals surface area contributed by atoms with Crippen LogP contribution in [0.1, 0.15) is 5.56 Å². The van der Waals surface area contributed by atoms with Crippen molar-refractivity contribution in [3.05, 3.63) is 163 Å². The molecule has 0 aliphatic heterocycles. The SMILES string of the molecule is Cc1cc[c-]c(-c2nc3ccccc3o2)c1.[Ir+3].[c-]1ccccc1-c1nc2ccccc2o1.[c-]1ccccc1-c1nc2ccccc2o1. The van der Waals surface area contributed by atoms with Gasteiger partial charge in [0.25, 0.3) is 0 Å². The predicted molar refractivity (Wildman–Crippen MR) is 180 cm³/mol. The number of benzene rings is 6. The molecule has 0 N–H and O–H groups in total. The minimum absolute atomic E-state index is 0. The minimum Gasteiger partial charge on any atom is -0.481 e. The van der Waals surface area contributed by atoms with E-state index in [4.69, 9.17) is 13.3 Å². The summed E-state index contributed by atoms with van der Waals surface area (Å²) >= 11 is 0. The van der Waals surface area contributed by atoms with Crippen molar-refractivity contribution in [1.29, 1.82) is 0 Å². The van der Waals surface area contributed by atoms with Crippen molar-refractivity contribution in [2.75, 3.05) is 0 Å². The number of nitrogens with zero attached hydrogens (tertiary/aromatic N) is 3. The van der Waals surface area contributed by atoms with Gasteiger partial charge in [0.05, 0.1) is 16.6 Å². The van der Waals surface area contributed by atoms with Crippen LogP contribution in [0.15, 0.2) is 153 Å². The molecular weight excluding hydrogens is 763 g/mol. The van der Waals surface area contributed by atoms with Crippen molar-refractivity contribution in [3.8, 4) is 34.4 Å². The molecule has 0 unspecified atom stereocenters. The van der Waals surface area contributed by atoms with Gasteiger partial charge in [-0.15, -0.1) is 90.5 Å². The van der Waals surface area contributed by atoms with Crippen molar-refractivity contribution in [2.45, 2.75) is 6.92 Å². The Hall–Kier alpha value is -5.62. The van der Waals surface area contributed by atoms with E-state index in [0.717, 1.165) is 50.0 Å². The molecule has 0 atom stereocenters. The van der Waals surface area contributed by atoms with Crippen LogP contribution in [0.5, 0.6) is 0 Å². The molecule has 9 aromatic rings. The normalized spacial score (nSPS) is 10.5. The molecule has 6 aromatic carbocycles. The minimum atomic E-state index is 0. The molecule has 47 heavy (non-hydrogen) atoms. The first-order chi connectivity index (χ1) is 22.7. The van der Waals surface area contributed by atoms with Crippen LogP contribution in [-0.4, -0.2) is 15.0 Å². The Morgan fingerprint density at radius 1 is 0.426 bits per heavy atom. The van der Waals surface area contributed by atoms with Gasteiger partial charge in [-0.3, -0.25) is 15.0 Å². The van der Waals surface area contributed by atoms with Gasteiger partial charge in [-0.25, -0.2) is 0 Å². The summed E-state index contributed by atoms with van der Waals surface area (Å²) in [5, 5.41) is 0. The zero-order valence-corrected chi connectivity index (χ0v) is 27.6. The van der Waals surface area contributed by atoms with Crippen LogP contribution in [0.4, 0.5) is 0 Å². The quantitative estimate of drug-likeness (QED) is 0.166. The van der Waals surface area contributed by atoms with Crippen molar-refractivity contribution in [3.63, 3.8) is 0 Å². The summed E-state index contributed by atoms with van der Waals surface area (Å²) in [4.78, 5) is 13.2. The summed E-state index contributed by atoms with van der Waals surface area (Å²) in [6, 6.07) is 53.7. The molecule has 0 saturated carbocycles. The Morgan fingerprint density at radius 2 is 0.809 bits per heavy atom. The summed E-state index contributed by atoms with van der Waals surface area (Å²) in [6.07, 6.45) is 0. The van der Waals surface area contributed by atoms with E-state index in [-0.39, 0.29) is 20.1 Å². The van der Waals surface area contributed by atoms with Crippen molar-refractivity contribution >= 4 is 33.3 Å². The largest absolute Gasteiger partial charge is 3.00 e. The maximum absolute atomic E-state index is 5.67. The van der Waals surface area contributed by atoms with Gasteiger partial charge in [-0.05, 0) is 36.4 Å². The second-order valence-electron chi connectivity index (χ2n) is 10.3. The van der Waals surface area contributed by atoms with Crippen molar-refractivity contribution in [2.24, 2.45) is 0 Å². The first-order valence-corrected chi connectivity index (χ1v) is 14.7. The summed E-state index contributed by atoms with van der Waals surface area (Å²) < 4.78 is 16.9. The van der Waals surface area contributed by atoms with Gasteiger partial charge in [0.2, 0.25) is 0 Å². The Bertz CT molecular complexity index is 2140. The number of para-hydroxylation sites is 6. The third-order valence-electron chi connectivity index (χ3n) is 6.95. The Kier molecular flexibility index (Phi) is 9.78. The van der Waals surface area contributed by atoms with Crippen LogP contribution < -0.4 is 0 Å². The topological polar surface area (TPSA) is 78.1 Å². The van der Waals surface area contributed by atoms with E-state index in [9.17, 15) is 0 Å². The van der Waals surface area contributed by atoms with Gasteiger partial charge in [-0.1, -0.05) is 60.0 Å². The molecule has 9 rings (SSSR count). The molecule has 0 saturated heterocycles. The van der Waals surface area contributed by atoms with E-state index in [1.165, 1.54) is 5.56 Å². The average molecular weight is 789 g/mol. The number of hydrogen-bond acceptors (Lipinski definition) is 6. The maximum atomic E-state index is 5.67. The van der Waals surface area contributed by atoms with E-state index in [0.29, 0.717) is 17.7 Å². The maximum Gasteiger partial charge on any atom is 3.00 e. The number of aromatic nitrogens is 3. The first kappa shape index (κ1) is 31.4. The summed E-state index contributed by atoms with van der Waals surface area (Å²) in [5.74, 6) is 1.87. The third kappa shape index (κ3) is 7.45. The summed E-state index contributed by atoms with van der Waals surface area (Å²) in [7, 11) is 0. The van der Waals surface area contributed by atoms with Gasteiger partial charge >= 0.3 is 20.1 Å². The molecule has 7 heteroatoms. The Balaban J connectivity index is 0.000000122. The monoisotopic (exact) mass is 789 g/mol. The molecule has 0 fully saturated rings. The number of rotatable bonds is 3. The molecule has 0 spiro atoms.